The summed E-state index contributed by atoms with van der Waals surface area (Å²) in [6.45, 7) is 12.7. The molecule has 0 radical (unpaired) electrons. The molecule has 2 heterocycles. The molecule has 0 saturated heterocycles. The molecule has 98 heavy (non-hydrogen) atoms. The van der Waals surface area contributed by atoms with Crippen molar-refractivity contribution in [3.05, 3.63) is 24.3 Å². The monoisotopic (exact) mass is 1560 g/mol. The summed E-state index contributed by atoms with van der Waals surface area (Å²) in [5, 5.41) is 114. The lowest BCUT2D eigenvalue weighted by Crippen LogP contribution is -2.32. The van der Waals surface area contributed by atoms with Crippen LogP contribution in [0.3, 0.4) is 0 Å². The number of carbonyl (C=O) groups is 9. The number of imide groups is 2. The van der Waals surface area contributed by atoms with E-state index in [1.165, 1.54) is 31.4 Å². The highest BCUT2D eigenvalue weighted by molar-refractivity contribution is 8.77. The fourth-order valence-corrected chi connectivity index (χ4v) is 11.1. The average Bonchev–Trinajstić information content (AvgIpc) is 1.77. The molecular weight excluding hydrogens is 1430 g/mol. The number of rotatable bonds is 45. The van der Waals surface area contributed by atoms with Gasteiger partial charge in [-0.2, -0.15) is 0 Å². The van der Waals surface area contributed by atoms with Crippen molar-refractivity contribution >= 4 is 139 Å². The molecule has 0 aromatic carbocycles. The van der Waals surface area contributed by atoms with Gasteiger partial charge in [0.2, 0.25) is 0 Å². The number of aliphatic hydroxyl groups excluding tert-OH is 13. The van der Waals surface area contributed by atoms with Crippen LogP contribution >= 0.6 is 86.4 Å². The van der Waals surface area contributed by atoms with E-state index in [-0.39, 0.29) is 138 Å². The summed E-state index contributed by atoms with van der Waals surface area (Å²) < 4.78 is 4.32. The van der Waals surface area contributed by atoms with Crippen molar-refractivity contribution in [3.63, 3.8) is 0 Å². The van der Waals surface area contributed by atoms with Crippen LogP contribution in [0.25, 0.3) is 0 Å². The zero-order valence-electron chi connectivity index (χ0n) is 59.3. The SMILES string of the molecule is C.CCC(O)CC.CCC(O)CC(=O)OC.CCC(O)CCC(=O)CCN1C(=O)C=CC1=O.CCC(O)CCC(=O)CCSSC.CCC(O)CO.CCC(O)CSSC.CSSCC(O)CO.CSSCCC(=O)CCC(O)CO.O=C(CCC(O)CO)CCN1C(=O)C=CC1=O. The van der Waals surface area contributed by atoms with E-state index in [9.17, 15) is 53.4 Å². The summed E-state index contributed by atoms with van der Waals surface area (Å²) in [6, 6.07) is 0. The number of esters is 1. The normalized spacial score (nSPS) is 14.1. The summed E-state index contributed by atoms with van der Waals surface area (Å²) in [5.74, 6) is 1.54. The van der Waals surface area contributed by atoms with E-state index in [0.29, 0.717) is 76.4 Å². The van der Waals surface area contributed by atoms with Crippen molar-refractivity contribution in [1.29, 1.82) is 0 Å². The van der Waals surface area contributed by atoms with E-state index in [1.54, 1.807) is 86.4 Å². The Kier molecular flexibility index (Phi) is 94.3. The smallest absolute Gasteiger partial charge is 0.308 e. The largest absolute Gasteiger partial charge is 0.469 e. The molecule has 13 N–H and O–H groups in total. The minimum atomic E-state index is -0.893. The lowest BCUT2D eigenvalue weighted by atomic mass is 10.1. The number of nitrogens with zero attached hydrogens (tertiary/aromatic N) is 2. The van der Waals surface area contributed by atoms with E-state index in [2.05, 4.69) is 4.74 Å². The number of Topliss-reactive ketones (excluding diaryl/α,β-unsaturated/α-hetero) is 4. The molecule has 2 aliphatic rings. The lowest BCUT2D eigenvalue weighted by Gasteiger charge is -2.13. The predicted molar refractivity (Wildman–Crippen MR) is 409 cm³/mol. The molecule has 0 aromatic heterocycles. The van der Waals surface area contributed by atoms with Gasteiger partial charge in [-0.1, -0.05) is 142 Å². The van der Waals surface area contributed by atoms with Crippen LogP contribution < -0.4 is 0 Å². The first-order chi connectivity index (χ1) is 45.9. The third-order valence-electron chi connectivity index (χ3n) is 12.7. The summed E-state index contributed by atoms with van der Waals surface area (Å²) in [6.07, 6.45) is 18.3. The first-order valence-electron chi connectivity index (χ1n) is 32.3. The van der Waals surface area contributed by atoms with E-state index in [4.69, 9.17) is 56.2 Å². The van der Waals surface area contributed by atoms with Crippen molar-refractivity contribution in [2.24, 2.45) is 0 Å². The van der Waals surface area contributed by atoms with Crippen LogP contribution in [0.15, 0.2) is 24.3 Å². The number of methoxy groups -OCH3 is 1. The van der Waals surface area contributed by atoms with Crippen molar-refractivity contribution < 1.29 is 114 Å². The highest BCUT2D eigenvalue weighted by atomic mass is 33.1. The Morgan fingerprint density at radius 1 is 0.367 bits per heavy atom. The molecule has 0 fully saturated rings. The minimum absolute atomic E-state index is 0. The first-order valence-corrected chi connectivity index (χ1v) is 43.2. The second-order valence-electron chi connectivity index (χ2n) is 20.8. The van der Waals surface area contributed by atoms with Gasteiger partial charge in [0, 0.05) is 112 Å². The van der Waals surface area contributed by atoms with Crippen molar-refractivity contribution in [2.75, 3.05) is 94.7 Å². The number of hydrogen-bond donors (Lipinski definition) is 13. The minimum Gasteiger partial charge on any atom is -0.469 e. The molecule has 33 heteroatoms. The van der Waals surface area contributed by atoms with Crippen LogP contribution in [0.2, 0.25) is 0 Å². The molecule has 0 saturated carbocycles. The molecule has 8 unspecified atom stereocenters. The number of ether oxygens (including phenoxy) is 1. The number of ketones is 4. The summed E-state index contributed by atoms with van der Waals surface area (Å²) in [4.78, 5) is 102. The van der Waals surface area contributed by atoms with Gasteiger partial charge < -0.3 is 71.1 Å². The van der Waals surface area contributed by atoms with Gasteiger partial charge in [0.1, 0.15) is 23.1 Å². The third kappa shape index (κ3) is 81.5. The van der Waals surface area contributed by atoms with Gasteiger partial charge in [-0.3, -0.25) is 53.0 Å². The maximum atomic E-state index is 11.5. The zero-order valence-corrected chi connectivity index (χ0v) is 65.8. The summed E-state index contributed by atoms with van der Waals surface area (Å²) >= 11 is 0. The predicted octanol–water partition coefficient (Wildman–Crippen LogP) is 7.02. The molecule has 0 aliphatic carbocycles. The first kappa shape index (κ1) is 112. The Morgan fingerprint density at radius 3 is 0.867 bits per heavy atom. The zero-order chi connectivity index (χ0) is 76.0. The average molecular weight is 1560 g/mol. The number of aliphatic hydroxyl groups is 13. The molecular formula is C65H126N2O23S8. The molecule has 0 aromatic rings. The van der Waals surface area contributed by atoms with E-state index in [1.807, 2.05) is 73.5 Å². The van der Waals surface area contributed by atoms with Gasteiger partial charge in [0.15, 0.2) is 0 Å². The van der Waals surface area contributed by atoms with Gasteiger partial charge in [-0.05, 0) is 95.7 Å². The second-order valence-corrected chi connectivity index (χ2v) is 31.4. The third-order valence-corrected chi connectivity index (χ3v) is 20.1. The standard InChI is InChI=1S/C12H17NO4.C11H15NO5.C9H18O2S2.C8H16O3S2.C6H12O3.C5H12OS2.C5H12O.C4H10O2S2.C4H10O2.CH4/c1-2-9(14)3-4-10(15)7-8-13-11(16)5-6-12(13)17;13-7-9(15)2-1-8(14)5-6-12-10(16)3-4-11(12)17;1-3-8(10)4-5-9(11)6-7-13-12-2;1-12-13-5-4-7(10)2-3-8(11)6-9;1-3-5(7)4-6(8)9-2;1-3-5(6)4-8-7-2;1-3-5(6)4-2;1-7-8-3-4(6)2-5;1-2-4(6)3-5;/h5-6,9,14H,2-4,7-8H2,1H3;3-4,9,13,15H,1-2,5-7H2;8,10H,3-7H2,1-2H3;8-9,11H,2-6H2,1H3;5,7H,3-4H2,1-2H3;5-6H,3-4H2,1-2H3;5-6H,3-4H2,1-2H3;4-6H,2-3H2,1H3;4-6H,2-3H2,1H3;1H4. The molecule has 582 valence electrons. The van der Waals surface area contributed by atoms with E-state index < -0.39 is 48.4 Å². The summed E-state index contributed by atoms with van der Waals surface area (Å²) in [7, 11) is 14.6. The van der Waals surface area contributed by atoms with Crippen LogP contribution in [0, 0.1) is 0 Å². The molecule has 25 nitrogen and oxygen atoms in total. The Bertz CT molecular complexity index is 1840. The van der Waals surface area contributed by atoms with Gasteiger partial charge in [0.25, 0.3) is 23.6 Å². The molecule has 0 spiro atoms. The van der Waals surface area contributed by atoms with Crippen LogP contribution in [-0.4, -0.2) is 279 Å². The highest BCUT2D eigenvalue weighted by Crippen LogP contribution is 2.20. The Labute approximate surface area is 617 Å². The van der Waals surface area contributed by atoms with Gasteiger partial charge in [-0.25, -0.2) is 0 Å². The molecule has 2 aliphatic heterocycles. The maximum absolute atomic E-state index is 11.5. The Morgan fingerprint density at radius 2 is 0.633 bits per heavy atom. The quantitative estimate of drug-likeness (QED) is 0.0126. The molecule has 8 atom stereocenters. The Balaban J connectivity index is -0.000000158. The maximum Gasteiger partial charge on any atom is 0.308 e. The van der Waals surface area contributed by atoms with Crippen molar-refractivity contribution in [1.82, 2.24) is 9.80 Å². The van der Waals surface area contributed by atoms with Crippen LogP contribution in [0.5, 0.6) is 0 Å². The molecule has 2 rings (SSSR count). The summed E-state index contributed by atoms with van der Waals surface area (Å²) in [5.41, 5.74) is 0. The lowest BCUT2D eigenvalue weighted by molar-refractivity contribution is -0.143. The molecule has 0 bridgehead atoms. The van der Waals surface area contributed by atoms with Gasteiger partial charge in [0.05, 0.1) is 94.9 Å². The van der Waals surface area contributed by atoms with E-state index in [0.717, 1.165) is 52.7 Å². The van der Waals surface area contributed by atoms with Crippen molar-refractivity contribution in [2.45, 2.75) is 239 Å². The second kappa shape index (κ2) is 82.5. The fraction of sp³-hybridized carbons (Fsp3) is 0.800. The number of hydrogen-bond acceptors (Lipinski definition) is 31. The van der Waals surface area contributed by atoms with Crippen molar-refractivity contribution in [3.8, 4) is 0 Å². The Hall–Kier alpha value is -1.81. The van der Waals surface area contributed by atoms with Crippen LogP contribution in [-0.2, 0) is 47.9 Å². The van der Waals surface area contributed by atoms with E-state index >= 15 is 0 Å². The number of carbonyl (C=O) groups excluding carboxylic acids is 9. The molecule has 4 amide bonds. The van der Waals surface area contributed by atoms with Crippen LogP contribution in [0.1, 0.15) is 184 Å². The topological polar surface area (TPSA) is 432 Å². The van der Waals surface area contributed by atoms with Crippen LogP contribution in [0.4, 0.5) is 0 Å². The fourth-order valence-electron chi connectivity index (χ4n) is 5.96. The van der Waals surface area contributed by atoms with Gasteiger partial charge >= 0.3 is 5.97 Å². The highest BCUT2D eigenvalue weighted by Gasteiger charge is 2.25. The van der Waals surface area contributed by atoms with Gasteiger partial charge in [-0.15, -0.1) is 0 Å². The number of amides is 4.